The predicted octanol–water partition coefficient (Wildman–Crippen LogP) is 2.02. The van der Waals surface area contributed by atoms with Crippen molar-refractivity contribution in [1.82, 2.24) is 9.78 Å². The Balaban J connectivity index is 2.23. The third kappa shape index (κ3) is 2.74. The number of carbonyl (C=O) groups excluding carboxylic acids is 2. The third-order valence-electron chi connectivity index (χ3n) is 2.79. The van der Waals surface area contributed by atoms with Gasteiger partial charge in [-0.3, -0.25) is 14.3 Å². The molecule has 1 aromatic heterocycles. The molecule has 0 saturated carbocycles. The molecule has 0 atom stereocenters. The van der Waals surface area contributed by atoms with Gasteiger partial charge in [0.1, 0.15) is 17.3 Å². The van der Waals surface area contributed by atoms with E-state index >= 15 is 0 Å². The maximum absolute atomic E-state index is 13.7. The van der Waals surface area contributed by atoms with E-state index < -0.39 is 23.8 Å². The van der Waals surface area contributed by atoms with E-state index in [1.807, 2.05) is 0 Å². The fourth-order valence-electron chi connectivity index (χ4n) is 1.83. The number of hydrogen-bond donors (Lipinski definition) is 0. The van der Waals surface area contributed by atoms with Gasteiger partial charge in [0, 0.05) is 13.2 Å². The van der Waals surface area contributed by atoms with E-state index in [2.05, 4.69) is 5.10 Å². The molecule has 0 bridgehead atoms. The lowest BCUT2D eigenvalue weighted by Gasteiger charge is -2.07. The standard InChI is InChI=1S/C14H13FN2O3/c1-17-7-6-10(16-17)11(18)8-12(19)14-9(15)4-3-5-13(14)20-2/h3-7H,8H2,1-2H3. The minimum atomic E-state index is -0.705. The van der Waals surface area contributed by atoms with Gasteiger partial charge in [-0.25, -0.2) is 4.39 Å². The van der Waals surface area contributed by atoms with Crippen LogP contribution in [0.2, 0.25) is 0 Å². The number of aryl methyl sites for hydroxylation is 1. The van der Waals surface area contributed by atoms with Gasteiger partial charge in [0.05, 0.1) is 19.1 Å². The van der Waals surface area contributed by atoms with Gasteiger partial charge in [0.15, 0.2) is 11.6 Å². The molecular formula is C14H13FN2O3. The lowest BCUT2D eigenvalue weighted by Crippen LogP contribution is -2.12. The van der Waals surface area contributed by atoms with Crippen LogP contribution in [0.25, 0.3) is 0 Å². The summed E-state index contributed by atoms with van der Waals surface area (Å²) >= 11 is 0. The van der Waals surface area contributed by atoms with Crippen LogP contribution >= 0.6 is 0 Å². The zero-order valence-corrected chi connectivity index (χ0v) is 11.1. The molecule has 1 aromatic carbocycles. The molecule has 0 spiro atoms. The van der Waals surface area contributed by atoms with Crippen molar-refractivity contribution in [3.05, 3.63) is 47.5 Å². The molecule has 1 heterocycles. The summed E-state index contributed by atoms with van der Waals surface area (Å²) in [5.41, 5.74) is -0.0320. The molecule has 0 unspecified atom stereocenters. The molecule has 0 aliphatic carbocycles. The Kier molecular flexibility index (Phi) is 3.93. The summed E-state index contributed by atoms with van der Waals surface area (Å²) in [6.45, 7) is 0. The van der Waals surface area contributed by atoms with Gasteiger partial charge in [0.2, 0.25) is 0 Å². The fraction of sp³-hybridized carbons (Fsp3) is 0.214. The van der Waals surface area contributed by atoms with Crippen LogP contribution in [-0.4, -0.2) is 28.5 Å². The average molecular weight is 276 g/mol. The lowest BCUT2D eigenvalue weighted by molar-refractivity contribution is 0.0887. The monoisotopic (exact) mass is 276 g/mol. The van der Waals surface area contributed by atoms with Crippen LogP contribution in [0.4, 0.5) is 4.39 Å². The highest BCUT2D eigenvalue weighted by molar-refractivity contribution is 6.13. The predicted molar refractivity (Wildman–Crippen MR) is 69.4 cm³/mol. The van der Waals surface area contributed by atoms with E-state index in [1.54, 1.807) is 13.2 Å². The van der Waals surface area contributed by atoms with E-state index in [0.717, 1.165) is 6.07 Å². The van der Waals surface area contributed by atoms with Gasteiger partial charge in [-0.05, 0) is 18.2 Å². The van der Waals surface area contributed by atoms with Crippen LogP contribution in [-0.2, 0) is 7.05 Å². The summed E-state index contributed by atoms with van der Waals surface area (Å²) in [6.07, 6.45) is 1.15. The van der Waals surface area contributed by atoms with Crippen LogP contribution < -0.4 is 4.74 Å². The molecule has 2 rings (SSSR count). The number of Topliss-reactive ketones (excluding diaryl/α,β-unsaturated/α-hetero) is 2. The van der Waals surface area contributed by atoms with Crippen LogP contribution in [0.3, 0.4) is 0 Å². The number of carbonyl (C=O) groups is 2. The maximum Gasteiger partial charge on any atom is 0.190 e. The number of aromatic nitrogens is 2. The normalized spacial score (nSPS) is 10.3. The number of ether oxygens (including phenoxy) is 1. The molecule has 0 radical (unpaired) electrons. The molecule has 0 aliphatic heterocycles. The maximum atomic E-state index is 13.7. The number of halogens is 1. The number of ketones is 2. The molecule has 20 heavy (non-hydrogen) atoms. The SMILES string of the molecule is COc1cccc(F)c1C(=O)CC(=O)c1ccn(C)n1. The first kappa shape index (κ1) is 13.9. The summed E-state index contributed by atoms with van der Waals surface area (Å²) in [6, 6.07) is 5.57. The fourth-order valence-corrected chi connectivity index (χ4v) is 1.83. The van der Waals surface area contributed by atoms with E-state index in [9.17, 15) is 14.0 Å². The van der Waals surface area contributed by atoms with Crippen molar-refractivity contribution < 1.29 is 18.7 Å². The van der Waals surface area contributed by atoms with Crippen molar-refractivity contribution in [3.63, 3.8) is 0 Å². The molecule has 0 amide bonds. The number of hydrogen-bond acceptors (Lipinski definition) is 4. The van der Waals surface area contributed by atoms with Crippen LogP contribution in [0.1, 0.15) is 27.3 Å². The zero-order valence-electron chi connectivity index (χ0n) is 11.1. The van der Waals surface area contributed by atoms with Gasteiger partial charge in [0.25, 0.3) is 0 Å². The Labute approximate surface area is 115 Å². The van der Waals surface area contributed by atoms with Gasteiger partial charge < -0.3 is 4.74 Å². The van der Waals surface area contributed by atoms with Crippen molar-refractivity contribution in [3.8, 4) is 5.75 Å². The molecule has 6 heteroatoms. The van der Waals surface area contributed by atoms with Crippen molar-refractivity contribution in [2.75, 3.05) is 7.11 Å². The van der Waals surface area contributed by atoms with Crippen molar-refractivity contribution in [2.24, 2.45) is 7.05 Å². The van der Waals surface area contributed by atoms with Crippen LogP contribution in [0.5, 0.6) is 5.75 Å². The molecule has 0 saturated heterocycles. The molecular weight excluding hydrogens is 263 g/mol. The van der Waals surface area contributed by atoms with Crippen molar-refractivity contribution >= 4 is 11.6 Å². The van der Waals surface area contributed by atoms with Gasteiger partial charge >= 0.3 is 0 Å². The topological polar surface area (TPSA) is 61.2 Å². The van der Waals surface area contributed by atoms with Crippen LogP contribution in [0.15, 0.2) is 30.5 Å². The first-order chi connectivity index (χ1) is 9.52. The van der Waals surface area contributed by atoms with Gasteiger partial charge in [-0.15, -0.1) is 0 Å². The highest BCUT2D eigenvalue weighted by atomic mass is 19.1. The Morgan fingerprint density at radius 3 is 2.65 bits per heavy atom. The summed E-state index contributed by atoms with van der Waals surface area (Å²) in [5.74, 6) is -1.68. The Bertz CT molecular complexity index is 664. The first-order valence-electron chi connectivity index (χ1n) is 5.91. The highest BCUT2D eigenvalue weighted by Gasteiger charge is 2.21. The van der Waals surface area contributed by atoms with E-state index in [1.165, 1.54) is 30.0 Å². The van der Waals surface area contributed by atoms with Crippen molar-refractivity contribution in [1.29, 1.82) is 0 Å². The molecule has 5 nitrogen and oxygen atoms in total. The quantitative estimate of drug-likeness (QED) is 0.619. The molecule has 104 valence electrons. The number of nitrogens with zero attached hydrogens (tertiary/aromatic N) is 2. The zero-order chi connectivity index (χ0) is 14.7. The van der Waals surface area contributed by atoms with Crippen molar-refractivity contribution in [2.45, 2.75) is 6.42 Å². The third-order valence-corrected chi connectivity index (χ3v) is 2.79. The van der Waals surface area contributed by atoms with E-state index in [0.29, 0.717) is 0 Å². The molecule has 0 aliphatic rings. The lowest BCUT2D eigenvalue weighted by atomic mass is 10.0. The molecule has 2 aromatic rings. The second-order valence-corrected chi connectivity index (χ2v) is 4.21. The van der Waals surface area contributed by atoms with Gasteiger partial charge in [-0.1, -0.05) is 6.07 Å². The highest BCUT2D eigenvalue weighted by Crippen LogP contribution is 2.23. The molecule has 0 fully saturated rings. The first-order valence-corrected chi connectivity index (χ1v) is 5.91. The van der Waals surface area contributed by atoms with E-state index in [-0.39, 0.29) is 17.0 Å². The number of benzene rings is 1. The minimum absolute atomic E-state index is 0.115. The minimum Gasteiger partial charge on any atom is -0.496 e. The summed E-state index contributed by atoms with van der Waals surface area (Å²) < 4.78 is 20.1. The van der Waals surface area contributed by atoms with Crippen LogP contribution in [0, 0.1) is 5.82 Å². The Morgan fingerprint density at radius 2 is 2.05 bits per heavy atom. The second kappa shape index (κ2) is 5.64. The van der Waals surface area contributed by atoms with Gasteiger partial charge in [-0.2, -0.15) is 5.10 Å². The number of methoxy groups -OCH3 is 1. The summed E-state index contributed by atoms with van der Waals surface area (Å²) in [7, 11) is 3.00. The smallest absolute Gasteiger partial charge is 0.190 e. The Hall–Kier alpha value is -2.50. The second-order valence-electron chi connectivity index (χ2n) is 4.21. The summed E-state index contributed by atoms with van der Waals surface area (Å²) in [4.78, 5) is 24.0. The summed E-state index contributed by atoms with van der Waals surface area (Å²) in [5, 5.41) is 3.91. The molecule has 0 N–H and O–H groups in total. The average Bonchev–Trinajstić information content (AvgIpc) is 2.84. The largest absolute Gasteiger partial charge is 0.496 e. The Morgan fingerprint density at radius 1 is 1.30 bits per heavy atom. The van der Waals surface area contributed by atoms with E-state index in [4.69, 9.17) is 4.74 Å². The number of rotatable bonds is 5.